The van der Waals surface area contributed by atoms with E-state index in [1.54, 1.807) is 0 Å². The Balaban J connectivity index is 1.18. The highest BCUT2D eigenvalue weighted by atomic mass is 16.3. The van der Waals surface area contributed by atoms with Crippen molar-refractivity contribution in [2.24, 2.45) is 0 Å². The lowest BCUT2D eigenvalue weighted by Crippen LogP contribution is -2.28. The van der Waals surface area contributed by atoms with Crippen molar-refractivity contribution in [1.29, 1.82) is 0 Å². The summed E-state index contributed by atoms with van der Waals surface area (Å²) in [6.07, 6.45) is 11.6. The zero-order valence-corrected chi connectivity index (χ0v) is 35.4. The summed E-state index contributed by atoms with van der Waals surface area (Å²) in [6.45, 7) is 0. The summed E-state index contributed by atoms with van der Waals surface area (Å²) in [5.74, 6) is 0.613. The molecule has 64 heavy (non-hydrogen) atoms. The predicted molar refractivity (Wildman–Crippen MR) is 265 cm³/mol. The second-order valence-electron chi connectivity index (χ2n) is 16.8. The van der Waals surface area contributed by atoms with Gasteiger partial charge in [0.2, 0.25) is 5.89 Å². The van der Waals surface area contributed by atoms with Crippen molar-refractivity contribution in [3.8, 4) is 33.7 Å². The first-order valence-corrected chi connectivity index (χ1v) is 22.3. The van der Waals surface area contributed by atoms with Crippen LogP contribution in [0.1, 0.15) is 39.8 Å². The van der Waals surface area contributed by atoms with Crippen LogP contribution in [-0.2, 0) is 18.3 Å². The van der Waals surface area contributed by atoms with Crippen LogP contribution < -0.4 is 4.90 Å². The number of benzene rings is 9. The van der Waals surface area contributed by atoms with E-state index in [4.69, 9.17) is 9.40 Å². The van der Waals surface area contributed by atoms with Crippen molar-refractivity contribution < 1.29 is 4.42 Å². The first-order chi connectivity index (χ1) is 31.8. The number of anilines is 3. The van der Waals surface area contributed by atoms with Gasteiger partial charge in [-0.15, -0.1) is 0 Å². The standard InChI is InChI=1S/C61H44N2O/c1-2-13-27-49-48-28-15-16-30-51(48)58(60-62-56-33-19-20-34-57(56)64-60)59(52(49)31-14-3-1)63(46-37-35-43(36-38-46)42-21-7-4-8-22-42)47-39-40-55-53(41-47)50-29-17-18-32-54(50)61(55,44-23-9-5-10-24-44)45-25-11-6-12-26-45/h1-12,14-26,28-30,32-41H,13,27,31H2/b2-1-,14-3-. The molecule has 0 spiro atoms. The first-order valence-electron chi connectivity index (χ1n) is 22.3. The monoisotopic (exact) mass is 820 g/mol. The van der Waals surface area contributed by atoms with Gasteiger partial charge in [0.25, 0.3) is 0 Å². The molecule has 304 valence electrons. The number of oxazole rings is 1. The van der Waals surface area contributed by atoms with Crippen LogP contribution in [0.5, 0.6) is 0 Å². The van der Waals surface area contributed by atoms with Gasteiger partial charge in [-0.05, 0) is 122 Å². The minimum atomic E-state index is -0.507. The summed E-state index contributed by atoms with van der Waals surface area (Å²) in [5.41, 5.74) is 17.8. The van der Waals surface area contributed by atoms with Gasteiger partial charge in [0.05, 0.1) is 16.7 Å². The highest BCUT2D eigenvalue weighted by molar-refractivity contribution is 6.08. The Morgan fingerprint density at radius 1 is 0.484 bits per heavy atom. The Bertz CT molecular complexity index is 3330. The maximum Gasteiger partial charge on any atom is 0.230 e. The Hall–Kier alpha value is -8.01. The molecule has 2 aliphatic rings. The number of aromatic nitrogens is 1. The van der Waals surface area contributed by atoms with Crippen molar-refractivity contribution in [2.75, 3.05) is 4.90 Å². The normalized spacial score (nSPS) is 14.8. The fourth-order valence-corrected chi connectivity index (χ4v) is 10.6. The smallest absolute Gasteiger partial charge is 0.230 e. The summed E-state index contributed by atoms with van der Waals surface area (Å²) in [7, 11) is 0. The van der Waals surface area contributed by atoms with Gasteiger partial charge in [0.15, 0.2) is 5.58 Å². The Kier molecular flexibility index (Phi) is 9.26. The molecule has 2 aliphatic carbocycles. The molecule has 12 rings (SSSR count). The van der Waals surface area contributed by atoms with Crippen LogP contribution in [0.4, 0.5) is 17.1 Å². The first kappa shape index (κ1) is 37.7. The average Bonchev–Trinajstić information content (AvgIpc) is 3.96. The molecular weight excluding hydrogens is 777 g/mol. The number of aryl methyl sites for hydroxylation is 1. The van der Waals surface area contributed by atoms with Gasteiger partial charge in [-0.2, -0.15) is 0 Å². The second kappa shape index (κ2) is 15.7. The number of para-hydroxylation sites is 2. The number of allylic oxidation sites excluding steroid dienone is 4. The van der Waals surface area contributed by atoms with Crippen molar-refractivity contribution in [1.82, 2.24) is 4.98 Å². The SMILES string of the molecule is C1=C\CCc2c(c(N(c3ccc(-c4ccccc4)cc3)c3ccc4c(c3)-c3ccccc3C4(c3ccccc3)c3ccccc3)c(-c3nc4ccccc4o3)c3ccccc23)C\C=C/1. The summed E-state index contributed by atoms with van der Waals surface area (Å²) in [4.78, 5) is 7.77. The molecule has 0 bridgehead atoms. The molecule has 0 saturated heterocycles. The molecule has 0 radical (unpaired) electrons. The van der Waals surface area contributed by atoms with E-state index in [-0.39, 0.29) is 0 Å². The number of hydrogen-bond donors (Lipinski definition) is 0. The van der Waals surface area contributed by atoms with Gasteiger partial charge in [0, 0.05) is 11.4 Å². The van der Waals surface area contributed by atoms with Crippen LogP contribution in [0.15, 0.2) is 235 Å². The third-order valence-electron chi connectivity index (χ3n) is 13.3. The molecule has 0 atom stereocenters. The molecule has 1 aromatic heterocycles. The van der Waals surface area contributed by atoms with E-state index in [1.807, 2.05) is 24.3 Å². The third-order valence-corrected chi connectivity index (χ3v) is 13.3. The summed E-state index contributed by atoms with van der Waals surface area (Å²) < 4.78 is 6.85. The van der Waals surface area contributed by atoms with Gasteiger partial charge < -0.3 is 9.32 Å². The van der Waals surface area contributed by atoms with E-state index in [2.05, 4.69) is 211 Å². The molecule has 1 heterocycles. The summed E-state index contributed by atoms with van der Waals surface area (Å²) in [6, 6.07) is 75.0. The van der Waals surface area contributed by atoms with Gasteiger partial charge in [-0.3, -0.25) is 0 Å². The number of nitrogens with zero attached hydrogens (tertiary/aromatic N) is 2. The quantitative estimate of drug-likeness (QED) is 0.160. The molecule has 9 aromatic carbocycles. The van der Waals surface area contributed by atoms with Crippen LogP contribution >= 0.6 is 0 Å². The van der Waals surface area contributed by atoms with E-state index in [0.717, 1.165) is 58.4 Å². The maximum absolute atomic E-state index is 6.85. The number of hydrogen-bond acceptors (Lipinski definition) is 3. The Morgan fingerprint density at radius 3 is 1.86 bits per heavy atom. The zero-order valence-electron chi connectivity index (χ0n) is 35.4. The van der Waals surface area contributed by atoms with Gasteiger partial charge in [0.1, 0.15) is 5.52 Å². The second-order valence-corrected chi connectivity index (χ2v) is 16.8. The molecule has 0 fully saturated rings. The topological polar surface area (TPSA) is 29.3 Å². The number of rotatable bonds is 7. The van der Waals surface area contributed by atoms with Gasteiger partial charge >= 0.3 is 0 Å². The fourth-order valence-electron chi connectivity index (χ4n) is 10.6. The minimum absolute atomic E-state index is 0.507. The highest BCUT2D eigenvalue weighted by Gasteiger charge is 2.46. The Morgan fingerprint density at radius 2 is 1.09 bits per heavy atom. The fraction of sp³-hybridized carbons (Fsp3) is 0.0656. The van der Waals surface area contributed by atoms with Crippen molar-refractivity contribution in [3.05, 3.63) is 264 Å². The van der Waals surface area contributed by atoms with Crippen LogP contribution in [0.3, 0.4) is 0 Å². The van der Waals surface area contributed by atoms with Crippen LogP contribution in [0, 0.1) is 0 Å². The average molecular weight is 821 g/mol. The minimum Gasteiger partial charge on any atom is -0.436 e. The van der Waals surface area contributed by atoms with E-state index in [1.165, 1.54) is 61.0 Å². The van der Waals surface area contributed by atoms with Crippen molar-refractivity contribution in [3.63, 3.8) is 0 Å². The maximum atomic E-state index is 6.85. The molecule has 3 heteroatoms. The molecule has 10 aromatic rings. The molecular formula is C61H44N2O. The Labute approximate surface area is 373 Å². The molecule has 0 unspecified atom stereocenters. The summed E-state index contributed by atoms with van der Waals surface area (Å²) >= 11 is 0. The molecule has 0 aliphatic heterocycles. The van der Waals surface area contributed by atoms with Gasteiger partial charge in [-0.25, -0.2) is 4.98 Å². The van der Waals surface area contributed by atoms with E-state index in [9.17, 15) is 0 Å². The molecule has 3 nitrogen and oxygen atoms in total. The number of fused-ring (bicyclic) bond motifs is 7. The summed E-state index contributed by atoms with van der Waals surface area (Å²) in [5, 5.41) is 2.36. The lowest BCUT2D eigenvalue weighted by molar-refractivity contribution is 0.620. The predicted octanol–water partition coefficient (Wildman–Crippen LogP) is 15.7. The molecule has 0 saturated carbocycles. The van der Waals surface area contributed by atoms with Crippen molar-refractivity contribution in [2.45, 2.75) is 24.7 Å². The van der Waals surface area contributed by atoms with Crippen molar-refractivity contribution >= 4 is 38.9 Å². The van der Waals surface area contributed by atoms with E-state index in [0.29, 0.717) is 5.89 Å². The van der Waals surface area contributed by atoms with E-state index >= 15 is 0 Å². The largest absolute Gasteiger partial charge is 0.436 e. The van der Waals surface area contributed by atoms with Gasteiger partial charge in [-0.1, -0.05) is 194 Å². The molecule has 0 amide bonds. The zero-order chi connectivity index (χ0) is 42.5. The third kappa shape index (κ3) is 6.07. The molecule has 0 N–H and O–H groups in total. The highest BCUT2D eigenvalue weighted by Crippen LogP contribution is 2.58. The lowest BCUT2D eigenvalue weighted by Gasteiger charge is -2.35. The van der Waals surface area contributed by atoms with E-state index < -0.39 is 5.41 Å². The van der Waals surface area contributed by atoms with Crippen LogP contribution in [0.2, 0.25) is 0 Å². The lowest BCUT2D eigenvalue weighted by atomic mass is 9.68. The van der Waals surface area contributed by atoms with Crippen LogP contribution in [-0.4, -0.2) is 4.98 Å². The van der Waals surface area contributed by atoms with Crippen LogP contribution in [0.25, 0.3) is 55.6 Å².